The Labute approximate surface area is 210 Å². The number of anilines is 1. The highest BCUT2D eigenvalue weighted by Gasteiger charge is 2.55. The van der Waals surface area contributed by atoms with Crippen molar-refractivity contribution in [1.82, 2.24) is 19.7 Å². The van der Waals surface area contributed by atoms with E-state index in [0.29, 0.717) is 24.2 Å². The highest BCUT2D eigenvalue weighted by Crippen LogP contribution is 2.57. The molecule has 0 atom stereocenters. The third-order valence-corrected chi connectivity index (χ3v) is 8.45. The van der Waals surface area contributed by atoms with E-state index in [1.54, 1.807) is 4.90 Å². The summed E-state index contributed by atoms with van der Waals surface area (Å²) < 4.78 is 56.2. The fraction of sp³-hybridized carbons (Fsp3) is 0.462. The van der Waals surface area contributed by atoms with E-state index in [4.69, 9.17) is 11.6 Å². The molecule has 36 heavy (non-hydrogen) atoms. The summed E-state index contributed by atoms with van der Waals surface area (Å²) in [5.74, 6) is 0.880. The molecule has 1 saturated heterocycles. The smallest absolute Gasteiger partial charge is 0.368 e. The Kier molecular flexibility index (Phi) is 4.81. The van der Waals surface area contributed by atoms with Crippen LogP contribution in [-0.2, 0) is 19.3 Å². The molecule has 2 aliphatic carbocycles. The number of benzene rings is 2. The average molecular weight is 518 g/mol. The number of fused-ring (bicyclic) bond motifs is 3. The summed E-state index contributed by atoms with van der Waals surface area (Å²) in [6, 6.07) is 10.0. The average Bonchev–Trinajstić information content (AvgIpc) is 3.55. The molecule has 7 rings (SSSR count). The maximum Gasteiger partial charge on any atom is 0.419 e. The summed E-state index contributed by atoms with van der Waals surface area (Å²) >= 11 is 6.34. The number of alkyl halides is 3. The first kappa shape index (κ1) is 22.5. The van der Waals surface area contributed by atoms with Gasteiger partial charge in [0.1, 0.15) is 5.82 Å². The highest BCUT2D eigenvalue weighted by molar-refractivity contribution is 6.30. The summed E-state index contributed by atoms with van der Waals surface area (Å²) in [5.41, 5.74) is 1.03. The van der Waals surface area contributed by atoms with Crippen LogP contribution in [0, 0.1) is 11.2 Å². The molecule has 0 unspecified atom stereocenters. The number of hydrogen-bond acceptors (Lipinski definition) is 4. The van der Waals surface area contributed by atoms with Gasteiger partial charge in [-0.25, -0.2) is 4.39 Å². The van der Waals surface area contributed by atoms with Gasteiger partial charge in [0.2, 0.25) is 0 Å². The molecule has 3 aromatic rings. The number of rotatable bonds is 3. The maximum absolute atomic E-state index is 14.6. The van der Waals surface area contributed by atoms with Crippen LogP contribution in [-0.4, -0.2) is 38.8 Å². The zero-order valence-corrected chi connectivity index (χ0v) is 20.2. The van der Waals surface area contributed by atoms with E-state index in [2.05, 4.69) is 19.7 Å². The van der Waals surface area contributed by atoms with E-state index in [0.717, 1.165) is 54.9 Å². The molecule has 0 bridgehead atoms. The van der Waals surface area contributed by atoms with Crippen LogP contribution in [0.15, 0.2) is 36.4 Å². The lowest BCUT2D eigenvalue weighted by Crippen LogP contribution is -2.62. The maximum atomic E-state index is 14.6. The second-order valence-corrected chi connectivity index (χ2v) is 11.3. The fourth-order valence-electron chi connectivity index (χ4n) is 6.36. The quantitative estimate of drug-likeness (QED) is 0.403. The second-order valence-electron chi connectivity index (χ2n) is 10.8. The van der Waals surface area contributed by atoms with Gasteiger partial charge in [0.15, 0.2) is 11.6 Å². The first-order chi connectivity index (χ1) is 17.2. The van der Waals surface area contributed by atoms with Crippen molar-refractivity contribution in [2.45, 2.75) is 56.9 Å². The van der Waals surface area contributed by atoms with Gasteiger partial charge in [0.25, 0.3) is 0 Å². The first-order valence-electron chi connectivity index (χ1n) is 12.3. The Morgan fingerprint density at radius 3 is 2.47 bits per heavy atom. The molecule has 2 saturated carbocycles. The Morgan fingerprint density at radius 1 is 0.972 bits per heavy atom. The van der Waals surface area contributed by atoms with Gasteiger partial charge in [-0.2, -0.15) is 13.2 Å². The number of halogens is 5. The third-order valence-electron chi connectivity index (χ3n) is 8.22. The Bertz CT molecular complexity index is 1350. The van der Waals surface area contributed by atoms with Gasteiger partial charge in [-0.05, 0) is 61.6 Å². The molecule has 1 spiro atoms. The molecule has 10 heteroatoms. The van der Waals surface area contributed by atoms with Gasteiger partial charge in [-0.1, -0.05) is 17.7 Å². The van der Waals surface area contributed by atoms with Crippen molar-refractivity contribution in [2.75, 3.05) is 18.0 Å². The third kappa shape index (κ3) is 3.54. The van der Waals surface area contributed by atoms with Crippen molar-refractivity contribution in [3.63, 3.8) is 0 Å². The lowest BCUT2D eigenvalue weighted by Gasteiger charge is -2.59. The van der Waals surface area contributed by atoms with E-state index in [1.807, 2.05) is 18.2 Å². The molecule has 5 nitrogen and oxygen atoms in total. The van der Waals surface area contributed by atoms with Crippen molar-refractivity contribution in [3.8, 4) is 5.69 Å². The summed E-state index contributed by atoms with van der Waals surface area (Å²) in [5, 5.41) is 9.89. The van der Waals surface area contributed by atoms with Crippen LogP contribution >= 0.6 is 11.6 Å². The van der Waals surface area contributed by atoms with Crippen LogP contribution in [0.4, 0.5) is 23.2 Å². The Hall–Kier alpha value is -2.65. The molecule has 3 fully saturated rings. The number of aromatic nitrogens is 3. The summed E-state index contributed by atoms with van der Waals surface area (Å²) in [7, 11) is 0. The van der Waals surface area contributed by atoms with Gasteiger partial charge < -0.3 is 4.90 Å². The van der Waals surface area contributed by atoms with Gasteiger partial charge in [-0.15, -0.1) is 10.2 Å². The van der Waals surface area contributed by atoms with Crippen molar-refractivity contribution < 1.29 is 17.6 Å². The SMILES string of the molecule is Fc1c(N2CC3(CC(c4nnc5n4-c4ccc(Cl)cc4CN(C4CC4)C5)C3)C2)cccc1C(F)(F)F. The van der Waals surface area contributed by atoms with Crippen LogP contribution in [0.1, 0.15) is 54.4 Å². The largest absolute Gasteiger partial charge is 0.419 e. The normalized spacial score (nSPS) is 21.5. The molecule has 2 aliphatic heterocycles. The lowest BCUT2D eigenvalue weighted by atomic mass is 9.57. The summed E-state index contributed by atoms with van der Waals surface area (Å²) in [4.78, 5) is 4.16. The molecular weight excluding hydrogens is 494 g/mol. The zero-order chi connectivity index (χ0) is 24.8. The molecule has 2 aromatic carbocycles. The summed E-state index contributed by atoms with van der Waals surface area (Å²) in [6.45, 7) is 2.66. The van der Waals surface area contributed by atoms with Crippen LogP contribution in [0.2, 0.25) is 5.02 Å². The molecular formula is C26H24ClF4N5. The minimum atomic E-state index is -4.70. The monoisotopic (exact) mass is 517 g/mol. The first-order valence-corrected chi connectivity index (χ1v) is 12.7. The van der Waals surface area contributed by atoms with E-state index in [1.165, 1.54) is 25.0 Å². The van der Waals surface area contributed by atoms with Crippen LogP contribution in [0.5, 0.6) is 0 Å². The fourth-order valence-corrected chi connectivity index (χ4v) is 6.55. The van der Waals surface area contributed by atoms with E-state index >= 15 is 0 Å². The molecule has 188 valence electrons. The topological polar surface area (TPSA) is 37.2 Å². The highest BCUT2D eigenvalue weighted by atomic mass is 35.5. The van der Waals surface area contributed by atoms with Gasteiger partial charge in [0, 0.05) is 42.0 Å². The predicted molar refractivity (Wildman–Crippen MR) is 127 cm³/mol. The number of hydrogen-bond donors (Lipinski definition) is 0. The van der Waals surface area contributed by atoms with Crippen molar-refractivity contribution >= 4 is 17.3 Å². The molecule has 3 heterocycles. The second kappa shape index (κ2) is 7.68. The van der Waals surface area contributed by atoms with Crippen LogP contribution in [0.3, 0.4) is 0 Å². The van der Waals surface area contributed by atoms with Gasteiger partial charge in [0.05, 0.1) is 23.5 Å². The molecule has 1 aromatic heterocycles. The minimum Gasteiger partial charge on any atom is -0.368 e. The molecule has 0 radical (unpaired) electrons. The zero-order valence-electron chi connectivity index (χ0n) is 19.4. The van der Waals surface area contributed by atoms with Gasteiger partial charge in [-0.3, -0.25) is 9.47 Å². The van der Waals surface area contributed by atoms with Crippen LogP contribution < -0.4 is 4.90 Å². The molecule has 0 amide bonds. The predicted octanol–water partition coefficient (Wildman–Crippen LogP) is 5.94. The van der Waals surface area contributed by atoms with Crippen molar-refractivity contribution in [1.29, 1.82) is 0 Å². The van der Waals surface area contributed by atoms with E-state index in [9.17, 15) is 17.6 Å². The van der Waals surface area contributed by atoms with Gasteiger partial charge >= 0.3 is 6.18 Å². The van der Waals surface area contributed by atoms with Crippen molar-refractivity contribution in [2.24, 2.45) is 5.41 Å². The molecule has 0 N–H and O–H groups in total. The van der Waals surface area contributed by atoms with E-state index < -0.39 is 17.6 Å². The van der Waals surface area contributed by atoms with Crippen LogP contribution in [0.25, 0.3) is 5.69 Å². The van der Waals surface area contributed by atoms with Crippen molar-refractivity contribution in [3.05, 3.63) is 70.0 Å². The number of nitrogens with zero attached hydrogens (tertiary/aromatic N) is 5. The Morgan fingerprint density at radius 2 is 1.75 bits per heavy atom. The van der Waals surface area contributed by atoms with E-state index in [-0.39, 0.29) is 17.0 Å². The summed E-state index contributed by atoms with van der Waals surface area (Å²) in [6.07, 6.45) is -0.587. The standard InChI is InChI=1S/C26H24ClF4N5/c27-17-4-7-20-15(8-17)11-34(18-5-6-18)12-22-32-33-24(36(20)22)16-9-25(10-16)13-35(14-25)21-3-1-2-19(23(21)28)26(29,30)31/h1-4,7-8,16,18H,5-6,9-14H2. The Balaban J connectivity index is 1.12. The lowest BCUT2D eigenvalue weighted by molar-refractivity contribution is -0.139. The minimum absolute atomic E-state index is 0.0225. The molecule has 4 aliphatic rings.